The topological polar surface area (TPSA) is 107 Å². The molecule has 0 aliphatic carbocycles. The third-order valence-electron chi connectivity index (χ3n) is 2.13. The number of Topliss-reactive ketones (excluding diaryl/α,β-unsaturated/α-hetero) is 1. The van der Waals surface area contributed by atoms with Gasteiger partial charge in [-0.2, -0.15) is 0 Å². The van der Waals surface area contributed by atoms with Gasteiger partial charge in [-0.15, -0.1) is 0 Å². The van der Waals surface area contributed by atoms with E-state index in [1.165, 1.54) is 0 Å². The van der Waals surface area contributed by atoms with Crippen LogP contribution in [-0.2, 0) is 9.53 Å². The molecule has 14 heavy (non-hydrogen) atoms. The van der Waals surface area contributed by atoms with Crippen molar-refractivity contribution in [2.45, 2.75) is 31.3 Å². The second-order valence-electron chi connectivity index (χ2n) is 3.19. The van der Waals surface area contributed by atoms with Gasteiger partial charge in [-0.25, -0.2) is 0 Å². The summed E-state index contributed by atoms with van der Waals surface area (Å²) in [6.45, 7) is 0.624. The van der Waals surface area contributed by atoms with Gasteiger partial charge in [0, 0.05) is 0 Å². The number of ether oxygens (including phenoxy) is 1. The zero-order valence-corrected chi connectivity index (χ0v) is 7.62. The summed E-state index contributed by atoms with van der Waals surface area (Å²) in [5, 5.41) is 36.7. The predicted molar refractivity (Wildman–Crippen MR) is 43.9 cm³/mol. The summed E-state index contributed by atoms with van der Waals surface area (Å²) < 4.78 is 4.85. The number of rotatable bonds is 2. The van der Waals surface area contributed by atoms with E-state index in [1.807, 2.05) is 0 Å². The van der Waals surface area contributed by atoms with Gasteiger partial charge in [0.2, 0.25) is 0 Å². The van der Waals surface area contributed by atoms with Gasteiger partial charge in [0.15, 0.2) is 11.9 Å². The molecule has 1 rings (SSSR count). The van der Waals surface area contributed by atoms with Crippen molar-refractivity contribution in [1.82, 2.24) is 0 Å². The Morgan fingerprint density at radius 2 is 1.93 bits per heavy atom. The van der Waals surface area contributed by atoms with Crippen LogP contribution in [0.15, 0.2) is 0 Å². The van der Waals surface area contributed by atoms with Crippen molar-refractivity contribution < 1.29 is 30.0 Å². The first kappa shape index (κ1) is 11.5. The van der Waals surface area contributed by atoms with E-state index in [0.29, 0.717) is 0 Å². The van der Waals surface area contributed by atoms with E-state index in [2.05, 4.69) is 0 Å². The molecule has 1 saturated heterocycles. The molecule has 0 aromatic rings. The molecule has 0 amide bonds. The number of ketones is 1. The Bertz CT molecular complexity index is 216. The Labute approximate surface area is 80.7 Å². The summed E-state index contributed by atoms with van der Waals surface area (Å²) in [5.74, 6) is -0.540. The number of hydrogen-bond donors (Lipinski definition) is 4. The largest absolute Gasteiger partial charge is 0.394 e. The van der Waals surface area contributed by atoms with Crippen molar-refractivity contribution in [3.63, 3.8) is 0 Å². The number of aliphatic hydroxyl groups excluding tert-OH is 4. The molecule has 1 heterocycles. The van der Waals surface area contributed by atoms with Crippen molar-refractivity contribution in [2.24, 2.45) is 0 Å². The molecule has 0 bridgehead atoms. The molecule has 0 spiro atoms. The molecule has 1 aliphatic rings. The fraction of sp³-hybridized carbons (Fsp3) is 0.750. The van der Waals surface area contributed by atoms with Gasteiger partial charge in [0.25, 0.3) is 0 Å². The van der Waals surface area contributed by atoms with Crippen molar-refractivity contribution in [1.29, 1.82) is 0 Å². The minimum Gasteiger partial charge on any atom is -0.394 e. The van der Waals surface area contributed by atoms with Gasteiger partial charge >= 0.3 is 0 Å². The van der Waals surface area contributed by atoms with E-state index in [-0.39, 0.29) is 6.10 Å². The average molecular weight is 205 g/mol. The predicted octanol–water partition coefficient (Wildman–Crippen LogP) is -2.42. The smallest absolute Gasteiger partial charge is 0.193 e. The molecule has 4 atom stereocenters. The molecule has 1 aliphatic heterocycles. The van der Waals surface area contributed by atoms with Crippen molar-refractivity contribution >= 4 is 5.78 Å². The molecule has 1 radical (unpaired) electrons. The highest BCUT2D eigenvalue weighted by Gasteiger charge is 2.45. The summed E-state index contributed by atoms with van der Waals surface area (Å²) in [6.07, 6.45) is -5.86. The summed E-state index contributed by atoms with van der Waals surface area (Å²) in [6, 6.07) is 0. The van der Waals surface area contributed by atoms with Crippen LogP contribution in [0.25, 0.3) is 0 Å². The number of aliphatic hydroxyl groups is 4. The maximum atomic E-state index is 10.9. The standard InChI is InChI=1S/C8H13O6/c1-3(10)8-7(13)6(12)5(11)4(2-9)14-8/h4-7,9,11-13H,2H2,1H3/t4-,5+,6+,7-/m1/s1. The van der Waals surface area contributed by atoms with Crippen molar-refractivity contribution in [3.05, 3.63) is 6.10 Å². The lowest BCUT2D eigenvalue weighted by Crippen LogP contribution is -2.56. The number of carbonyl (C=O) groups is 1. The lowest BCUT2D eigenvalue weighted by atomic mass is 9.93. The van der Waals surface area contributed by atoms with Crippen LogP contribution in [0, 0.1) is 6.10 Å². The van der Waals surface area contributed by atoms with Crippen molar-refractivity contribution in [2.75, 3.05) is 6.61 Å². The van der Waals surface area contributed by atoms with Crippen LogP contribution < -0.4 is 0 Å². The monoisotopic (exact) mass is 205 g/mol. The molecule has 4 N–H and O–H groups in total. The Morgan fingerprint density at radius 3 is 2.36 bits per heavy atom. The highest BCUT2D eigenvalue weighted by molar-refractivity contribution is 5.89. The van der Waals surface area contributed by atoms with Crippen LogP contribution >= 0.6 is 0 Å². The van der Waals surface area contributed by atoms with Gasteiger partial charge < -0.3 is 25.2 Å². The van der Waals surface area contributed by atoms with Gasteiger partial charge in [-0.1, -0.05) is 0 Å². The zero-order chi connectivity index (χ0) is 10.9. The first-order chi connectivity index (χ1) is 6.49. The highest BCUT2D eigenvalue weighted by Crippen LogP contribution is 2.26. The summed E-state index contributed by atoms with van der Waals surface area (Å²) in [4.78, 5) is 10.9. The fourth-order valence-corrected chi connectivity index (χ4v) is 1.30. The quantitative estimate of drug-likeness (QED) is 0.399. The number of hydrogen-bond acceptors (Lipinski definition) is 6. The summed E-state index contributed by atoms with van der Waals surface area (Å²) in [5.41, 5.74) is 0. The SMILES string of the molecule is CC(=O)[C]1O[C@H](CO)[C@H](O)[C@H](O)[C@H]1O. The molecule has 1 fully saturated rings. The third kappa shape index (κ3) is 1.94. The normalized spacial score (nSPS) is 39.8. The Balaban J connectivity index is 2.78. The van der Waals surface area contributed by atoms with E-state index in [0.717, 1.165) is 6.92 Å². The molecule has 6 nitrogen and oxygen atoms in total. The lowest BCUT2D eigenvalue weighted by molar-refractivity contribution is -0.192. The van der Waals surface area contributed by atoms with Gasteiger partial charge in [-0.05, 0) is 6.92 Å². The summed E-state index contributed by atoms with van der Waals surface area (Å²) in [7, 11) is 0. The summed E-state index contributed by atoms with van der Waals surface area (Å²) >= 11 is 0. The lowest BCUT2D eigenvalue weighted by Gasteiger charge is -2.38. The van der Waals surface area contributed by atoms with E-state index in [9.17, 15) is 20.1 Å². The van der Waals surface area contributed by atoms with E-state index in [4.69, 9.17) is 9.84 Å². The van der Waals surface area contributed by atoms with Crippen LogP contribution in [-0.4, -0.2) is 57.2 Å². The molecule has 0 aromatic carbocycles. The minimum absolute atomic E-state index is 0.332. The van der Waals surface area contributed by atoms with Crippen LogP contribution in [0.3, 0.4) is 0 Å². The maximum Gasteiger partial charge on any atom is 0.193 e. The molecule has 0 aromatic heterocycles. The Morgan fingerprint density at radius 1 is 1.36 bits per heavy atom. The van der Waals surface area contributed by atoms with Crippen LogP contribution in [0.4, 0.5) is 0 Å². The van der Waals surface area contributed by atoms with Crippen LogP contribution in [0.2, 0.25) is 0 Å². The first-order valence-corrected chi connectivity index (χ1v) is 4.18. The van der Waals surface area contributed by atoms with E-state index >= 15 is 0 Å². The Kier molecular flexibility index (Phi) is 3.57. The molecule has 0 unspecified atom stereocenters. The molecule has 81 valence electrons. The second-order valence-corrected chi connectivity index (χ2v) is 3.19. The Hall–Kier alpha value is -0.530. The first-order valence-electron chi connectivity index (χ1n) is 4.18. The fourth-order valence-electron chi connectivity index (χ4n) is 1.30. The van der Waals surface area contributed by atoms with Gasteiger partial charge in [0.1, 0.15) is 24.4 Å². The molecule has 6 heteroatoms. The third-order valence-corrected chi connectivity index (χ3v) is 2.13. The van der Waals surface area contributed by atoms with E-state index in [1.54, 1.807) is 0 Å². The average Bonchev–Trinajstić information content (AvgIpc) is 2.14. The van der Waals surface area contributed by atoms with Crippen LogP contribution in [0.5, 0.6) is 0 Å². The highest BCUT2D eigenvalue weighted by atomic mass is 16.5. The number of carbonyl (C=O) groups excluding carboxylic acids is 1. The van der Waals surface area contributed by atoms with Crippen LogP contribution in [0.1, 0.15) is 6.92 Å². The molecular formula is C8H13O6. The maximum absolute atomic E-state index is 10.9. The van der Waals surface area contributed by atoms with Gasteiger partial charge in [0.05, 0.1) is 6.61 Å². The molecule has 0 saturated carbocycles. The minimum atomic E-state index is -1.54. The zero-order valence-electron chi connectivity index (χ0n) is 7.62. The molecular weight excluding hydrogens is 192 g/mol. The second kappa shape index (κ2) is 4.33. The van der Waals surface area contributed by atoms with Gasteiger partial charge in [-0.3, -0.25) is 4.79 Å². The van der Waals surface area contributed by atoms with E-state index < -0.39 is 36.8 Å². The van der Waals surface area contributed by atoms with Crippen molar-refractivity contribution in [3.8, 4) is 0 Å².